The van der Waals surface area contributed by atoms with Crippen LogP contribution in [-0.4, -0.2) is 0 Å². The molecule has 0 heteroatoms. The molecule has 180 valence electrons. The van der Waals surface area contributed by atoms with E-state index in [-0.39, 0.29) is 0 Å². The van der Waals surface area contributed by atoms with E-state index in [1.54, 1.807) is 0 Å². The standard InChI is InChI=1S/C30H60/c1-3-5-7-9-11-13-15-17-19-21-23-25-27-29-30-28-26-24-22-20-18-16-14-12-10-8-6-4-2/h29-30H,3-28H2,1-2H3/b30-29+. The zero-order valence-corrected chi connectivity index (χ0v) is 21.5. The van der Waals surface area contributed by atoms with Crippen molar-refractivity contribution in [3.63, 3.8) is 0 Å². The maximum Gasteiger partial charge on any atom is -0.0351 e. The van der Waals surface area contributed by atoms with E-state index in [1.807, 2.05) is 0 Å². The average molecular weight is 421 g/mol. The van der Waals surface area contributed by atoms with E-state index in [1.165, 1.54) is 167 Å². The summed E-state index contributed by atoms with van der Waals surface area (Å²) in [4.78, 5) is 0. The third-order valence-electron chi connectivity index (χ3n) is 6.62. The van der Waals surface area contributed by atoms with Crippen molar-refractivity contribution in [2.75, 3.05) is 0 Å². The largest absolute Gasteiger partial charge is 0.0885 e. The summed E-state index contributed by atoms with van der Waals surface area (Å²) in [5.41, 5.74) is 0. The summed E-state index contributed by atoms with van der Waals surface area (Å²) in [5, 5.41) is 0. The third kappa shape index (κ3) is 27.7. The Hall–Kier alpha value is -0.260. The molecule has 0 aliphatic carbocycles. The lowest BCUT2D eigenvalue weighted by molar-refractivity contribution is 0.544. The van der Waals surface area contributed by atoms with Gasteiger partial charge in [-0.3, -0.25) is 0 Å². The van der Waals surface area contributed by atoms with Gasteiger partial charge in [0.15, 0.2) is 0 Å². The SMILES string of the molecule is CCCCCCCCCCCCCC/C=C/CCCCCCCCCCCCCC. The highest BCUT2D eigenvalue weighted by atomic mass is 14.0. The van der Waals surface area contributed by atoms with E-state index in [0.29, 0.717) is 0 Å². The van der Waals surface area contributed by atoms with Crippen molar-refractivity contribution >= 4 is 0 Å². The van der Waals surface area contributed by atoms with Gasteiger partial charge in [0.2, 0.25) is 0 Å². The second-order valence-corrected chi connectivity index (χ2v) is 9.83. The number of hydrogen-bond acceptors (Lipinski definition) is 0. The van der Waals surface area contributed by atoms with Crippen LogP contribution in [0.2, 0.25) is 0 Å². The Labute approximate surface area is 193 Å². The molecule has 0 aromatic carbocycles. The Morgan fingerprint density at radius 2 is 0.467 bits per heavy atom. The molecule has 30 heavy (non-hydrogen) atoms. The second-order valence-electron chi connectivity index (χ2n) is 9.83. The first-order valence-electron chi connectivity index (χ1n) is 14.6. The zero-order valence-electron chi connectivity index (χ0n) is 21.5. The number of allylic oxidation sites excluding steroid dienone is 2. The van der Waals surface area contributed by atoms with E-state index in [0.717, 1.165) is 0 Å². The first kappa shape index (κ1) is 29.7. The summed E-state index contributed by atoms with van der Waals surface area (Å²) >= 11 is 0. The molecule has 0 aliphatic rings. The Bertz CT molecular complexity index is 273. The van der Waals surface area contributed by atoms with Crippen LogP contribution in [0.4, 0.5) is 0 Å². The average Bonchev–Trinajstić information content (AvgIpc) is 2.76. The van der Waals surface area contributed by atoms with Gasteiger partial charge in [-0.25, -0.2) is 0 Å². The summed E-state index contributed by atoms with van der Waals surface area (Å²) in [6.07, 6.45) is 42.4. The molecule has 0 unspecified atom stereocenters. The molecule has 0 saturated heterocycles. The fraction of sp³-hybridized carbons (Fsp3) is 0.933. The lowest BCUT2D eigenvalue weighted by atomic mass is 10.0. The van der Waals surface area contributed by atoms with Crippen LogP contribution in [-0.2, 0) is 0 Å². The quantitative estimate of drug-likeness (QED) is 0.0963. The molecule has 0 saturated carbocycles. The number of unbranched alkanes of at least 4 members (excludes halogenated alkanes) is 24. The maximum absolute atomic E-state index is 2.45. The van der Waals surface area contributed by atoms with E-state index in [9.17, 15) is 0 Å². The molecular weight excluding hydrogens is 360 g/mol. The van der Waals surface area contributed by atoms with Gasteiger partial charge < -0.3 is 0 Å². The maximum atomic E-state index is 2.45. The minimum absolute atomic E-state index is 1.32. The lowest BCUT2D eigenvalue weighted by Crippen LogP contribution is -1.82. The van der Waals surface area contributed by atoms with Gasteiger partial charge in [0.1, 0.15) is 0 Å². The Kier molecular flexibility index (Phi) is 28.5. The minimum atomic E-state index is 1.32. The minimum Gasteiger partial charge on any atom is -0.0885 e. The summed E-state index contributed by atoms with van der Waals surface area (Å²) in [6, 6.07) is 0. The fourth-order valence-corrected chi connectivity index (χ4v) is 4.44. The van der Waals surface area contributed by atoms with E-state index in [4.69, 9.17) is 0 Å². The molecule has 0 radical (unpaired) electrons. The zero-order chi connectivity index (χ0) is 21.8. The van der Waals surface area contributed by atoms with Crippen LogP contribution in [0, 0.1) is 0 Å². The molecule has 0 aromatic rings. The molecule has 0 rings (SSSR count). The molecule has 0 atom stereocenters. The van der Waals surface area contributed by atoms with Gasteiger partial charge in [-0.15, -0.1) is 0 Å². The second kappa shape index (κ2) is 28.7. The van der Waals surface area contributed by atoms with Crippen LogP contribution in [0.3, 0.4) is 0 Å². The van der Waals surface area contributed by atoms with E-state index < -0.39 is 0 Å². The predicted octanol–water partition coefficient (Wildman–Crippen LogP) is 11.7. The van der Waals surface area contributed by atoms with Crippen LogP contribution >= 0.6 is 0 Å². The molecule has 0 bridgehead atoms. The Morgan fingerprint density at radius 3 is 0.700 bits per heavy atom. The van der Waals surface area contributed by atoms with Crippen LogP contribution < -0.4 is 0 Å². The highest BCUT2D eigenvalue weighted by Crippen LogP contribution is 2.14. The van der Waals surface area contributed by atoms with Crippen molar-refractivity contribution < 1.29 is 0 Å². The van der Waals surface area contributed by atoms with Crippen molar-refractivity contribution in [3.8, 4) is 0 Å². The highest BCUT2D eigenvalue weighted by Gasteiger charge is 1.94. The van der Waals surface area contributed by atoms with Gasteiger partial charge in [0.05, 0.1) is 0 Å². The van der Waals surface area contributed by atoms with E-state index >= 15 is 0 Å². The highest BCUT2D eigenvalue weighted by molar-refractivity contribution is 4.81. The molecular formula is C30H60. The smallest absolute Gasteiger partial charge is 0.0351 e. The van der Waals surface area contributed by atoms with Crippen molar-refractivity contribution in [1.29, 1.82) is 0 Å². The van der Waals surface area contributed by atoms with Crippen molar-refractivity contribution in [2.45, 2.75) is 181 Å². The monoisotopic (exact) mass is 420 g/mol. The van der Waals surface area contributed by atoms with Crippen molar-refractivity contribution in [3.05, 3.63) is 12.2 Å². The molecule has 0 N–H and O–H groups in total. The molecule has 0 aromatic heterocycles. The predicted molar refractivity (Wildman–Crippen MR) is 141 cm³/mol. The third-order valence-corrected chi connectivity index (χ3v) is 6.62. The normalized spacial score (nSPS) is 11.7. The fourth-order valence-electron chi connectivity index (χ4n) is 4.44. The van der Waals surface area contributed by atoms with Gasteiger partial charge in [0, 0.05) is 0 Å². The molecule has 0 spiro atoms. The summed E-state index contributed by atoms with van der Waals surface area (Å²) in [5.74, 6) is 0. The van der Waals surface area contributed by atoms with Crippen LogP contribution in [0.1, 0.15) is 181 Å². The summed E-state index contributed by atoms with van der Waals surface area (Å²) in [6.45, 7) is 4.60. The van der Waals surface area contributed by atoms with Crippen LogP contribution in [0.15, 0.2) is 12.2 Å². The molecule has 0 fully saturated rings. The molecule has 0 aliphatic heterocycles. The van der Waals surface area contributed by atoms with Crippen molar-refractivity contribution in [2.24, 2.45) is 0 Å². The Balaban J connectivity index is 3.06. The van der Waals surface area contributed by atoms with Gasteiger partial charge in [-0.2, -0.15) is 0 Å². The summed E-state index contributed by atoms with van der Waals surface area (Å²) in [7, 11) is 0. The van der Waals surface area contributed by atoms with E-state index in [2.05, 4.69) is 26.0 Å². The van der Waals surface area contributed by atoms with Gasteiger partial charge in [-0.1, -0.05) is 167 Å². The van der Waals surface area contributed by atoms with Crippen molar-refractivity contribution in [1.82, 2.24) is 0 Å². The Morgan fingerprint density at radius 1 is 0.267 bits per heavy atom. The number of hydrogen-bond donors (Lipinski definition) is 0. The van der Waals surface area contributed by atoms with Gasteiger partial charge in [0.25, 0.3) is 0 Å². The molecule has 0 nitrogen and oxygen atoms in total. The van der Waals surface area contributed by atoms with Gasteiger partial charge in [-0.05, 0) is 25.7 Å². The number of rotatable bonds is 26. The topological polar surface area (TPSA) is 0 Å². The molecule has 0 heterocycles. The van der Waals surface area contributed by atoms with Crippen LogP contribution in [0.5, 0.6) is 0 Å². The first-order valence-corrected chi connectivity index (χ1v) is 14.6. The lowest BCUT2D eigenvalue weighted by Gasteiger charge is -2.02. The summed E-state index contributed by atoms with van der Waals surface area (Å²) < 4.78 is 0. The molecule has 0 amide bonds. The first-order chi connectivity index (χ1) is 14.9. The van der Waals surface area contributed by atoms with Crippen LogP contribution in [0.25, 0.3) is 0 Å². The van der Waals surface area contributed by atoms with Gasteiger partial charge >= 0.3 is 0 Å².